The van der Waals surface area contributed by atoms with Crippen molar-refractivity contribution in [3.8, 4) is 0 Å². The number of anilines is 1. The first-order valence-corrected chi connectivity index (χ1v) is 5.19. The maximum atomic E-state index is 10.5. The van der Waals surface area contributed by atoms with Gasteiger partial charge in [-0.15, -0.1) is 0 Å². The van der Waals surface area contributed by atoms with Gasteiger partial charge >= 0.3 is 0 Å². The number of aliphatic hydroxyl groups excluding tert-OH is 1. The van der Waals surface area contributed by atoms with Crippen LogP contribution in [-0.4, -0.2) is 30.6 Å². The largest absolute Gasteiger partial charge is 0.393 e. The number of benzene rings is 1. The Morgan fingerprint density at radius 3 is 2.47 bits per heavy atom. The Balaban J connectivity index is 1.98. The first-order chi connectivity index (χ1) is 7.20. The molecule has 0 spiro atoms. The van der Waals surface area contributed by atoms with E-state index in [0.717, 1.165) is 25.1 Å². The monoisotopic (exact) mass is 205 g/mol. The zero-order valence-corrected chi connectivity index (χ0v) is 8.76. The summed E-state index contributed by atoms with van der Waals surface area (Å²) in [6, 6.07) is 7.53. The number of rotatable bonds is 3. The van der Waals surface area contributed by atoms with Crippen LogP contribution in [0, 0.1) is 5.92 Å². The number of hydrogen-bond donors (Lipinski definition) is 1. The quantitative estimate of drug-likeness (QED) is 0.756. The van der Waals surface area contributed by atoms with Crippen molar-refractivity contribution < 1.29 is 9.90 Å². The van der Waals surface area contributed by atoms with Crippen molar-refractivity contribution >= 4 is 12.0 Å². The molecule has 1 aromatic carbocycles. The molecule has 0 aromatic heterocycles. The highest BCUT2D eigenvalue weighted by Gasteiger charge is 2.30. The predicted molar refractivity (Wildman–Crippen MR) is 59.2 cm³/mol. The van der Waals surface area contributed by atoms with E-state index in [1.165, 1.54) is 0 Å². The summed E-state index contributed by atoms with van der Waals surface area (Å²) in [5, 5.41) is 9.35. The van der Waals surface area contributed by atoms with Gasteiger partial charge in [-0.3, -0.25) is 4.79 Å². The van der Waals surface area contributed by atoms with Crippen molar-refractivity contribution in [3.63, 3.8) is 0 Å². The maximum absolute atomic E-state index is 10.5. The van der Waals surface area contributed by atoms with Crippen molar-refractivity contribution in [2.24, 2.45) is 5.92 Å². The second kappa shape index (κ2) is 4.03. The fourth-order valence-electron chi connectivity index (χ4n) is 1.79. The predicted octanol–water partition coefficient (Wildman–Crippen LogP) is 1.32. The number of nitrogens with zero attached hydrogens (tertiary/aromatic N) is 1. The molecule has 0 bridgehead atoms. The minimum Gasteiger partial charge on any atom is -0.393 e. The summed E-state index contributed by atoms with van der Waals surface area (Å²) in [4.78, 5) is 12.7. The number of aliphatic hydroxyl groups is 1. The van der Waals surface area contributed by atoms with Gasteiger partial charge in [0.05, 0.1) is 6.10 Å². The van der Waals surface area contributed by atoms with Crippen LogP contribution in [0.1, 0.15) is 17.3 Å². The summed E-state index contributed by atoms with van der Waals surface area (Å²) in [5.41, 5.74) is 1.82. The highest BCUT2D eigenvalue weighted by atomic mass is 16.3. The smallest absolute Gasteiger partial charge is 0.150 e. The third kappa shape index (κ3) is 2.02. The average Bonchev–Trinajstić information content (AvgIpc) is 2.16. The van der Waals surface area contributed by atoms with Gasteiger partial charge in [0.2, 0.25) is 0 Å². The number of carbonyl (C=O) groups is 1. The second-order valence-electron chi connectivity index (χ2n) is 4.12. The van der Waals surface area contributed by atoms with Crippen LogP contribution in [0.15, 0.2) is 24.3 Å². The molecule has 80 valence electrons. The number of carbonyl (C=O) groups excluding carboxylic acids is 1. The highest BCUT2D eigenvalue weighted by molar-refractivity contribution is 5.75. The molecule has 1 fully saturated rings. The van der Waals surface area contributed by atoms with Gasteiger partial charge in [-0.1, -0.05) is 0 Å². The molecule has 1 aliphatic heterocycles. The fraction of sp³-hybridized carbons (Fsp3) is 0.417. The normalized spacial score (nSPS) is 18.4. The van der Waals surface area contributed by atoms with E-state index >= 15 is 0 Å². The van der Waals surface area contributed by atoms with Gasteiger partial charge in [-0.2, -0.15) is 0 Å². The van der Waals surface area contributed by atoms with Crippen LogP contribution in [0.25, 0.3) is 0 Å². The minimum atomic E-state index is -0.226. The fourth-order valence-corrected chi connectivity index (χ4v) is 1.79. The van der Waals surface area contributed by atoms with Crippen LogP contribution in [0.2, 0.25) is 0 Å². The van der Waals surface area contributed by atoms with E-state index in [1.54, 1.807) is 0 Å². The van der Waals surface area contributed by atoms with E-state index in [1.807, 2.05) is 31.2 Å². The Hall–Kier alpha value is -1.35. The van der Waals surface area contributed by atoms with Gasteiger partial charge < -0.3 is 10.0 Å². The molecule has 1 atom stereocenters. The SMILES string of the molecule is C[C@H](O)C1CN(c2ccc(C=O)cc2)C1. The summed E-state index contributed by atoms with van der Waals surface area (Å²) in [7, 11) is 0. The van der Waals surface area contributed by atoms with Gasteiger partial charge in [0.25, 0.3) is 0 Å². The summed E-state index contributed by atoms with van der Waals surface area (Å²) in [6.07, 6.45) is 0.619. The summed E-state index contributed by atoms with van der Waals surface area (Å²) < 4.78 is 0. The lowest BCUT2D eigenvalue weighted by atomic mass is 9.94. The molecule has 0 unspecified atom stereocenters. The maximum Gasteiger partial charge on any atom is 0.150 e. The first-order valence-electron chi connectivity index (χ1n) is 5.19. The van der Waals surface area contributed by atoms with E-state index in [2.05, 4.69) is 4.90 Å². The molecule has 1 N–H and O–H groups in total. The van der Waals surface area contributed by atoms with Crippen LogP contribution in [-0.2, 0) is 0 Å². The average molecular weight is 205 g/mol. The first kappa shape index (κ1) is 10.2. The molecule has 0 aliphatic carbocycles. The van der Waals surface area contributed by atoms with Crippen LogP contribution >= 0.6 is 0 Å². The van der Waals surface area contributed by atoms with Gasteiger partial charge in [-0.05, 0) is 31.2 Å². The molecular formula is C12H15NO2. The molecule has 0 amide bonds. The molecule has 1 aromatic rings. The Bertz CT molecular complexity index is 339. The van der Waals surface area contributed by atoms with Crippen LogP contribution in [0.3, 0.4) is 0 Å². The van der Waals surface area contributed by atoms with Gasteiger partial charge in [0.15, 0.2) is 0 Å². The Morgan fingerprint density at radius 1 is 1.40 bits per heavy atom. The van der Waals surface area contributed by atoms with E-state index in [9.17, 15) is 9.90 Å². The summed E-state index contributed by atoms with van der Waals surface area (Å²) >= 11 is 0. The molecule has 2 rings (SSSR count). The number of aldehydes is 1. The van der Waals surface area contributed by atoms with Crippen LogP contribution in [0.4, 0.5) is 5.69 Å². The van der Waals surface area contributed by atoms with E-state index in [4.69, 9.17) is 0 Å². The molecule has 1 saturated heterocycles. The highest BCUT2D eigenvalue weighted by Crippen LogP contribution is 2.26. The van der Waals surface area contributed by atoms with Crippen molar-refractivity contribution in [2.75, 3.05) is 18.0 Å². The minimum absolute atomic E-state index is 0.226. The Morgan fingerprint density at radius 2 is 2.00 bits per heavy atom. The second-order valence-corrected chi connectivity index (χ2v) is 4.12. The number of hydrogen-bond acceptors (Lipinski definition) is 3. The molecule has 0 saturated carbocycles. The van der Waals surface area contributed by atoms with Crippen molar-refractivity contribution in [3.05, 3.63) is 29.8 Å². The van der Waals surface area contributed by atoms with E-state index in [0.29, 0.717) is 11.5 Å². The third-order valence-corrected chi connectivity index (χ3v) is 2.99. The standard InChI is InChI=1S/C12H15NO2/c1-9(15)11-6-13(7-11)12-4-2-10(8-14)3-5-12/h2-5,8-9,11,15H,6-7H2,1H3/t9-/m0/s1. The van der Waals surface area contributed by atoms with Gasteiger partial charge in [0.1, 0.15) is 6.29 Å². The van der Waals surface area contributed by atoms with Crippen molar-refractivity contribution in [1.82, 2.24) is 0 Å². The molecule has 3 heteroatoms. The van der Waals surface area contributed by atoms with E-state index < -0.39 is 0 Å². The molecular weight excluding hydrogens is 190 g/mol. The lowest BCUT2D eigenvalue weighted by Gasteiger charge is -2.42. The lowest BCUT2D eigenvalue weighted by molar-refractivity contribution is 0.107. The van der Waals surface area contributed by atoms with Gasteiger partial charge in [0, 0.05) is 30.3 Å². The van der Waals surface area contributed by atoms with Gasteiger partial charge in [-0.25, -0.2) is 0 Å². The molecule has 0 radical (unpaired) electrons. The zero-order valence-electron chi connectivity index (χ0n) is 8.76. The molecule has 15 heavy (non-hydrogen) atoms. The van der Waals surface area contributed by atoms with E-state index in [-0.39, 0.29) is 6.10 Å². The Kier molecular flexibility index (Phi) is 2.73. The third-order valence-electron chi connectivity index (χ3n) is 2.99. The lowest BCUT2D eigenvalue weighted by Crippen LogP contribution is -2.51. The molecule has 1 aliphatic rings. The van der Waals surface area contributed by atoms with Crippen LogP contribution < -0.4 is 4.90 Å². The van der Waals surface area contributed by atoms with Crippen LogP contribution in [0.5, 0.6) is 0 Å². The Labute approximate surface area is 89.3 Å². The molecule has 3 nitrogen and oxygen atoms in total. The summed E-state index contributed by atoms with van der Waals surface area (Å²) in [6.45, 7) is 3.63. The topological polar surface area (TPSA) is 40.5 Å². The molecule has 1 heterocycles. The van der Waals surface area contributed by atoms with Crippen molar-refractivity contribution in [2.45, 2.75) is 13.0 Å². The summed E-state index contributed by atoms with van der Waals surface area (Å²) in [5.74, 6) is 0.385. The zero-order chi connectivity index (χ0) is 10.8. The van der Waals surface area contributed by atoms with Crippen molar-refractivity contribution in [1.29, 1.82) is 0 Å².